The molecule has 2 amide bonds. The molecule has 0 bridgehead atoms. The van der Waals surface area contributed by atoms with Gasteiger partial charge in [-0.05, 0) is 24.6 Å². The molecule has 0 aromatic carbocycles. The largest absolute Gasteiger partial charge is 0.362 e. The number of anilines is 1. The van der Waals surface area contributed by atoms with Gasteiger partial charge in [0.05, 0.1) is 18.2 Å². The van der Waals surface area contributed by atoms with E-state index in [2.05, 4.69) is 15.2 Å². The first-order valence-corrected chi connectivity index (χ1v) is 8.66. The molecule has 0 unspecified atom stereocenters. The Morgan fingerprint density at radius 3 is 2.81 bits per heavy atom. The zero-order valence-corrected chi connectivity index (χ0v) is 15.3. The smallest absolute Gasteiger partial charge is 0.257 e. The number of carbonyl (C=O) groups excluding carboxylic acids is 2. The summed E-state index contributed by atoms with van der Waals surface area (Å²) < 4.78 is 0. The van der Waals surface area contributed by atoms with Crippen LogP contribution in [0.2, 0.25) is 0 Å². The van der Waals surface area contributed by atoms with Crippen molar-refractivity contribution >= 4 is 17.6 Å². The van der Waals surface area contributed by atoms with Crippen molar-refractivity contribution in [3.05, 3.63) is 41.9 Å². The lowest BCUT2D eigenvalue weighted by Gasteiger charge is -2.40. The van der Waals surface area contributed by atoms with E-state index in [0.717, 1.165) is 5.56 Å². The minimum atomic E-state index is -0.0458. The van der Waals surface area contributed by atoms with E-state index in [9.17, 15) is 9.59 Å². The van der Waals surface area contributed by atoms with E-state index in [1.165, 1.54) is 0 Å². The highest BCUT2D eigenvalue weighted by atomic mass is 16.2. The van der Waals surface area contributed by atoms with Crippen LogP contribution in [0, 0.1) is 0 Å². The highest BCUT2D eigenvalue weighted by molar-refractivity contribution is 5.99. The number of pyridine rings is 1. The van der Waals surface area contributed by atoms with E-state index in [1.807, 2.05) is 30.8 Å². The van der Waals surface area contributed by atoms with Crippen LogP contribution in [-0.2, 0) is 11.2 Å². The van der Waals surface area contributed by atoms with Crippen LogP contribution in [0.4, 0.5) is 5.82 Å². The average Bonchev–Trinajstić information content (AvgIpc) is 3.13. The van der Waals surface area contributed by atoms with E-state index in [1.54, 1.807) is 35.6 Å². The van der Waals surface area contributed by atoms with Gasteiger partial charge in [0.15, 0.2) is 0 Å². The monoisotopic (exact) mass is 356 g/mol. The third-order valence-corrected chi connectivity index (χ3v) is 4.59. The molecule has 1 aliphatic rings. The van der Waals surface area contributed by atoms with Crippen molar-refractivity contribution in [1.29, 1.82) is 0 Å². The molecule has 0 saturated carbocycles. The van der Waals surface area contributed by atoms with E-state index >= 15 is 0 Å². The maximum atomic E-state index is 12.9. The summed E-state index contributed by atoms with van der Waals surface area (Å²) in [5.74, 6) is 0.667. The molecule has 3 rings (SSSR count). The molecule has 0 radical (unpaired) electrons. The van der Waals surface area contributed by atoms with Crippen LogP contribution in [0.15, 0.2) is 30.7 Å². The van der Waals surface area contributed by atoms with Gasteiger partial charge in [0.2, 0.25) is 5.91 Å². The van der Waals surface area contributed by atoms with Gasteiger partial charge in [-0.2, -0.15) is 5.10 Å². The summed E-state index contributed by atoms with van der Waals surface area (Å²) in [6.07, 6.45) is 5.39. The number of rotatable bonds is 4. The van der Waals surface area contributed by atoms with Gasteiger partial charge < -0.3 is 14.7 Å². The number of aromatic nitrogens is 3. The lowest BCUT2D eigenvalue weighted by Crippen LogP contribution is -2.55. The van der Waals surface area contributed by atoms with Gasteiger partial charge in [0.1, 0.15) is 5.82 Å². The van der Waals surface area contributed by atoms with Gasteiger partial charge in [0, 0.05) is 52.2 Å². The van der Waals surface area contributed by atoms with Crippen molar-refractivity contribution in [3.63, 3.8) is 0 Å². The number of H-pyrrole nitrogens is 1. The fraction of sp³-hybridized carbons (Fsp3) is 0.444. The molecule has 1 atom stereocenters. The summed E-state index contributed by atoms with van der Waals surface area (Å²) in [7, 11) is 3.74. The van der Waals surface area contributed by atoms with Crippen LogP contribution in [0.3, 0.4) is 0 Å². The van der Waals surface area contributed by atoms with Crippen molar-refractivity contribution < 1.29 is 9.59 Å². The molecule has 1 fully saturated rings. The Hall–Kier alpha value is -2.90. The van der Waals surface area contributed by atoms with Crippen LogP contribution in [-0.4, -0.2) is 76.6 Å². The molecule has 1 aliphatic heterocycles. The third kappa shape index (κ3) is 3.68. The summed E-state index contributed by atoms with van der Waals surface area (Å²) in [5.41, 5.74) is 1.45. The standard InChI is InChI=1S/C18H24N6O2/c1-13-12-23(18(26)15-5-4-6-19-17(15)22(2)3)7-8-24(13)16(25)9-14-10-20-21-11-14/h4-6,10-11,13H,7-9,12H2,1-3H3,(H,20,21)/t13-/m1/s1. The highest BCUT2D eigenvalue weighted by Crippen LogP contribution is 2.20. The van der Waals surface area contributed by atoms with Gasteiger partial charge in [-0.15, -0.1) is 0 Å². The first-order chi connectivity index (χ1) is 12.5. The van der Waals surface area contributed by atoms with Crippen molar-refractivity contribution in [3.8, 4) is 0 Å². The van der Waals surface area contributed by atoms with Crippen molar-refractivity contribution in [2.45, 2.75) is 19.4 Å². The molecule has 2 aromatic rings. The lowest BCUT2D eigenvalue weighted by atomic mass is 10.1. The Balaban J connectivity index is 1.67. The summed E-state index contributed by atoms with van der Waals surface area (Å²) in [6.45, 7) is 3.53. The van der Waals surface area contributed by atoms with Crippen molar-refractivity contribution in [1.82, 2.24) is 25.0 Å². The topological polar surface area (TPSA) is 85.4 Å². The van der Waals surface area contributed by atoms with Crippen LogP contribution in [0.5, 0.6) is 0 Å². The number of nitrogens with zero attached hydrogens (tertiary/aromatic N) is 5. The normalized spacial score (nSPS) is 17.3. The van der Waals surface area contributed by atoms with Crippen LogP contribution in [0.1, 0.15) is 22.8 Å². The molecule has 138 valence electrons. The van der Waals surface area contributed by atoms with Gasteiger partial charge >= 0.3 is 0 Å². The number of hydrogen-bond acceptors (Lipinski definition) is 5. The van der Waals surface area contributed by atoms with E-state index < -0.39 is 0 Å². The molecule has 1 saturated heterocycles. The predicted octanol–water partition coefficient (Wildman–Crippen LogP) is 0.786. The van der Waals surface area contributed by atoms with Gasteiger partial charge in [0.25, 0.3) is 5.91 Å². The zero-order chi connectivity index (χ0) is 18.7. The van der Waals surface area contributed by atoms with Gasteiger partial charge in [-0.1, -0.05) is 0 Å². The summed E-state index contributed by atoms with van der Waals surface area (Å²) in [6, 6.07) is 3.53. The minimum Gasteiger partial charge on any atom is -0.362 e. The van der Waals surface area contributed by atoms with Crippen LogP contribution < -0.4 is 4.90 Å². The quantitative estimate of drug-likeness (QED) is 0.875. The number of carbonyl (C=O) groups is 2. The Morgan fingerprint density at radius 1 is 1.35 bits per heavy atom. The molecule has 3 heterocycles. The molecular formula is C18H24N6O2. The zero-order valence-electron chi connectivity index (χ0n) is 15.3. The number of hydrogen-bond donors (Lipinski definition) is 1. The second kappa shape index (κ2) is 7.55. The van der Waals surface area contributed by atoms with E-state index in [4.69, 9.17) is 0 Å². The van der Waals surface area contributed by atoms with E-state index in [-0.39, 0.29) is 17.9 Å². The van der Waals surface area contributed by atoms with Gasteiger partial charge in [-0.25, -0.2) is 4.98 Å². The van der Waals surface area contributed by atoms with Crippen molar-refractivity contribution in [2.75, 3.05) is 38.6 Å². The maximum Gasteiger partial charge on any atom is 0.257 e. The highest BCUT2D eigenvalue weighted by Gasteiger charge is 2.31. The van der Waals surface area contributed by atoms with Crippen LogP contribution >= 0.6 is 0 Å². The molecule has 8 heteroatoms. The molecule has 2 aromatic heterocycles. The predicted molar refractivity (Wildman–Crippen MR) is 97.9 cm³/mol. The Morgan fingerprint density at radius 2 is 2.15 bits per heavy atom. The van der Waals surface area contributed by atoms with Gasteiger partial charge in [-0.3, -0.25) is 14.7 Å². The SMILES string of the molecule is C[C@@H]1CN(C(=O)c2cccnc2N(C)C)CCN1C(=O)Cc1cn[nH]c1. The average molecular weight is 356 g/mol. The number of amides is 2. The maximum absolute atomic E-state index is 12.9. The molecular weight excluding hydrogens is 332 g/mol. The fourth-order valence-electron chi connectivity index (χ4n) is 3.25. The summed E-state index contributed by atoms with van der Waals surface area (Å²) in [5, 5.41) is 6.59. The second-order valence-corrected chi connectivity index (χ2v) is 6.74. The summed E-state index contributed by atoms with van der Waals surface area (Å²) in [4.78, 5) is 35.3. The minimum absolute atomic E-state index is 0.0356. The Bertz CT molecular complexity index is 774. The number of aromatic amines is 1. The molecule has 0 spiro atoms. The third-order valence-electron chi connectivity index (χ3n) is 4.59. The lowest BCUT2D eigenvalue weighted by molar-refractivity contribution is -0.134. The molecule has 26 heavy (non-hydrogen) atoms. The Kier molecular flexibility index (Phi) is 5.20. The molecule has 0 aliphatic carbocycles. The number of piperazine rings is 1. The number of nitrogens with one attached hydrogen (secondary N) is 1. The van der Waals surface area contributed by atoms with Crippen LogP contribution in [0.25, 0.3) is 0 Å². The van der Waals surface area contributed by atoms with E-state index in [0.29, 0.717) is 37.4 Å². The molecule has 8 nitrogen and oxygen atoms in total. The summed E-state index contributed by atoms with van der Waals surface area (Å²) >= 11 is 0. The molecule has 1 N–H and O–H groups in total. The van der Waals surface area contributed by atoms with Crippen molar-refractivity contribution in [2.24, 2.45) is 0 Å². The second-order valence-electron chi connectivity index (χ2n) is 6.74. The fourth-order valence-corrected chi connectivity index (χ4v) is 3.25. The first kappa shape index (κ1) is 17.9. The Labute approximate surface area is 152 Å². The first-order valence-electron chi connectivity index (χ1n) is 8.66.